The SMILES string of the molecule is COC(=O)N(Cc1cc(C(F)(F)F)cc(C(F)(F)F)c1)[C@]1(C(F)(F)F)C[C@@H](C2CC2)N(C(=O)OC(C)C)c2cc(C)ccc21. The van der Waals surface area contributed by atoms with E-state index in [0.717, 1.165) is 18.1 Å². The molecule has 2 atom stereocenters. The van der Waals surface area contributed by atoms with Crippen molar-refractivity contribution >= 4 is 17.9 Å². The Morgan fingerprint density at radius 2 is 1.52 bits per heavy atom. The Morgan fingerprint density at radius 1 is 0.955 bits per heavy atom. The summed E-state index contributed by atoms with van der Waals surface area (Å²) in [6, 6.07) is 2.82. The summed E-state index contributed by atoms with van der Waals surface area (Å²) in [7, 11) is 0.746. The number of rotatable bonds is 5. The van der Waals surface area contributed by atoms with E-state index >= 15 is 13.2 Å². The Bertz CT molecular complexity index is 1380. The third-order valence-corrected chi connectivity index (χ3v) is 7.71. The first-order chi connectivity index (χ1) is 20.2. The summed E-state index contributed by atoms with van der Waals surface area (Å²) >= 11 is 0. The maximum atomic E-state index is 15.6. The molecule has 1 aliphatic carbocycles. The molecule has 1 heterocycles. The molecule has 242 valence electrons. The zero-order valence-corrected chi connectivity index (χ0v) is 24.0. The summed E-state index contributed by atoms with van der Waals surface area (Å²) < 4.78 is 138. The van der Waals surface area contributed by atoms with Crippen LogP contribution in [0.5, 0.6) is 0 Å². The number of carbonyl (C=O) groups excluding carboxylic acids is 2. The number of aryl methyl sites for hydroxylation is 1. The zero-order chi connectivity index (χ0) is 33.0. The fourth-order valence-corrected chi connectivity index (χ4v) is 5.66. The smallest absolute Gasteiger partial charge is 0.416 e. The minimum atomic E-state index is -5.35. The van der Waals surface area contributed by atoms with E-state index in [1.807, 2.05) is 0 Å². The predicted molar refractivity (Wildman–Crippen MR) is 139 cm³/mol. The van der Waals surface area contributed by atoms with Crippen LogP contribution in [0.25, 0.3) is 0 Å². The van der Waals surface area contributed by atoms with Crippen molar-refractivity contribution in [2.75, 3.05) is 12.0 Å². The summed E-state index contributed by atoms with van der Waals surface area (Å²) in [5.41, 5.74) is -8.11. The molecule has 0 spiro atoms. The molecule has 44 heavy (non-hydrogen) atoms. The number of anilines is 1. The Morgan fingerprint density at radius 3 is 1.98 bits per heavy atom. The number of halogens is 9. The van der Waals surface area contributed by atoms with Crippen LogP contribution >= 0.6 is 0 Å². The molecule has 2 aromatic rings. The van der Waals surface area contributed by atoms with Gasteiger partial charge in [-0.1, -0.05) is 12.1 Å². The van der Waals surface area contributed by atoms with Crippen molar-refractivity contribution < 1.29 is 58.6 Å². The highest BCUT2D eigenvalue weighted by atomic mass is 19.4. The van der Waals surface area contributed by atoms with Crippen molar-refractivity contribution in [2.24, 2.45) is 5.92 Å². The lowest BCUT2D eigenvalue weighted by Gasteiger charge is -2.52. The molecule has 4 rings (SSSR count). The van der Waals surface area contributed by atoms with Gasteiger partial charge in [-0.3, -0.25) is 9.80 Å². The van der Waals surface area contributed by atoms with Crippen LogP contribution in [0.4, 0.5) is 54.8 Å². The Kier molecular flexibility index (Phi) is 8.59. The lowest BCUT2D eigenvalue weighted by Crippen LogP contribution is -2.64. The minimum absolute atomic E-state index is 0.108. The number of nitrogens with zero attached hydrogens (tertiary/aromatic N) is 2. The van der Waals surface area contributed by atoms with Gasteiger partial charge in [0, 0.05) is 18.0 Å². The van der Waals surface area contributed by atoms with Gasteiger partial charge in [0.15, 0.2) is 5.54 Å². The highest BCUT2D eigenvalue weighted by molar-refractivity contribution is 5.91. The van der Waals surface area contributed by atoms with E-state index in [1.165, 1.54) is 12.1 Å². The number of amides is 2. The molecule has 2 amide bonds. The molecular formula is C29H29F9N2O4. The minimum Gasteiger partial charge on any atom is -0.453 e. The predicted octanol–water partition coefficient (Wildman–Crippen LogP) is 8.59. The molecule has 1 fully saturated rings. The fraction of sp³-hybridized carbons (Fsp3) is 0.517. The standard InChI is InChI=1S/C29H29F9N2O4/c1-15(2)44-25(42)40-22-9-16(3)5-8-21(22)26(29(36,37)38,13-23(40)18-6-7-18)39(24(41)43-4)14-17-10-19(27(30,31)32)12-20(11-17)28(33,34)35/h5,8-12,15,18,23H,6-7,13-14H2,1-4H3/t23-,26+/m0/s1. The van der Waals surface area contributed by atoms with Gasteiger partial charge in [0.1, 0.15) is 0 Å². The van der Waals surface area contributed by atoms with Gasteiger partial charge >= 0.3 is 30.7 Å². The van der Waals surface area contributed by atoms with E-state index in [2.05, 4.69) is 4.74 Å². The maximum absolute atomic E-state index is 15.6. The first kappa shape index (κ1) is 33.2. The van der Waals surface area contributed by atoms with Crippen LogP contribution in [0.15, 0.2) is 36.4 Å². The fourth-order valence-electron chi connectivity index (χ4n) is 5.66. The van der Waals surface area contributed by atoms with E-state index in [4.69, 9.17) is 4.74 Å². The molecule has 2 aromatic carbocycles. The summed E-state index contributed by atoms with van der Waals surface area (Å²) in [5, 5.41) is 0. The van der Waals surface area contributed by atoms with Gasteiger partial charge in [-0.2, -0.15) is 39.5 Å². The highest BCUT2D eigenvalue weighted by Gasteiger charge is 2.67. The number of ether oxygens (including phenoxy) is 2. The van der Waals surface area contributed by atoms with Crippen LogP contribution in [0.3, 0.4) is 0 Å². The van der Waals surface area contributed by atoms with Gasteiger partial charge in [-0.15, -0.1) is 0 Å². The summed E-state index contributed by atoms with van der Waals surface area (Å²) in [6.45, 7) is 3.32. The zero-order valence-electron chi connectivity index (χ0n) is 24.0. The van der Waals surface area contributed by atoms with E-state index in [0.29, 0.717) is 18.4 Å². The van der Waals surface area contributed by atoms with Gasteiger partial charge in [-0.25, -0.2) is 9.59 Å². The van der Waals surface area contributed by atoms with E-state index in [9.17, 15) is 35.9 Å². The van der Waals surface area contributed by atoms with Gasteiger partial charge in [0.2, 0.25) is 0 Å². The summed E-state index contributed by atoms with van der Waals surface area (Å²) in [5.74, 6) is -0.449. The number of hydrogen-bond donors (Lipinski definition) is 0. The molecule has 6 nitrogen and oxygen atoms in total. The van der Waals surface area contributed by atoms with Crippen LogP contribution < -0.4 is 4.90 Å². The third-order valence-electron chi connectivity index (χ3n) is 7.71. The monoisotopic (exact) mass is 640 g/mol. The molecule has 0 unspecified atom stereocenters. The van der Waals surface area contributed by atoms with E-state index in [-0.39, 0.29) is 28.8 Å². The number of carbonyl (C=O) groups is 2. The van der Waals surface area contributed by atoms with Crippen molar-refractivity contribution in [1.82, 2.24) is 4.90 Å². The third kappa shape index (κ3) is 6.27. The first-order valence-corrected chi connectivity index (χ1v) is 13.5. The molecule has 0 aromatic heterocycles. The number of alkyl halides is 9. The van der Waals surface area contributed by atoms with Gasteiger partial charge in [0.25, 0.3) is 0 Å². The van der Waals surface area contributed by atoms with Gasteiger partial charge < -0.3 is 9.47 Å². The molecule has 15 heteroatoms. The molecule has 1 aliphatic heterocycles. The van der Waals surface area contributed by atoms with Crippen LogP contribution in [-0.4, -0.2) is 42.5 Å². The van der Waals surface area contributed by atoms with E-state index in [1.54, 1.807) is 20.8 Å². The van der Waals surface area contributed by atoms with Crippen molar-refractivity contribution in [1.29, 1.82) is 0 Å². The molecule has 0 saturated heterocycles. The molecular weight excluding hydrogens is 611 g/mol. The molecule has 0 radical (unpaired) electrons. The van der Waals surface area contributed by atoms with Crippen LogP contribution in [-0.2, 0) is 33.9 Å². The van der Waals surface area contributed by atoms with Gasteiger partial charge in [0.05, 0.1) is 36.6 Å². The first-order valence-electron chi connectivity index (χ1n) is 13.5. The van der Waals surface area contributed by atoms with Crippen molar-refractivity contribution in [3.8, 4) is 0 Å². The lowest BCUT2D eigenvalue weighted by molar-refractivity contribution is -0.238. The normalized spacial score (nSPS) is 20.8. The number of hydrogen-bond acceptors (Lipinski definition) is 4. The second-order valence-electron chi connectivity index (χ2n) is 11.3. The summed E-state index contributed by atoms with van der Waals surface area (Å²) in [4.78, 5) is 27.7. The lowest BCUT2D eigenvalue weighted by atomic mass is 9.75. The molecule has 1 saturated carbocycles. The highest BCUT2D eigenvalue weighted by Crippen LogP contribution is 2.58. The van der Waals surface area contributed by atoms with Crippen LogP contribution in [0.1, 0.15) is 60.9 Å². The van der Waals surface area contributed by atoms with Crippen molar-refractivity contribution in [3.05, 3.63) is 64.2 Å². The number of fused-ring (bicyclic) bond motifs is 1. The average molecular weight is 641 g/mol. The maximum Gasteiger partial charge on any atom is 0.416 e. The largest absolute Gasteiger partial charge is 0.453 e. The Labute approximate surface area is 246 Å². The molecule has 0 N–H and O–H groups in total. The van der Waals surface area contributed by atoms with E-state index < -0.39 is 89.5 Å². The summed E-state index contributed by atoms with van der Waals surface area (Å²) in [6.07, 6.45) is -19.2. The average Bonchev–Trinajstić information content (AvgIpc) is 3.73. The van der Waals surface area contributed by atoms with Crippen molar-refractivity contribution in [3.63, 3.8) is 0 Å². The Hall–Kier alpha value is -3.65. The molecule has 0 bridgehead atoms. The number of methoxy groups -OCH3 is 1. The number of benzene rings is 2. The quantitative estimate of drug-likeness (QED) is 0.307. The Balaban J connectivity index is 2.00. The van der Waals surface area contributed by atoms with Crippen LogP contribution in [0.2, 0.25) is 0 Å². The topological polar surface area (TPSA) is 59.1 Å². The second kappa shape index (κ2) is 11.4. The second-order valence-corrected chi connectivity index (χ2v) is 11.3. The van der Waals surface area contributed by atoms with Gasteiger partial charge in [-0.05, 0) is 74.9 Å². The van der Waals surface area contributed by atoms with Crippen molar-refractivity contribution in [2.45, 2.75) is 82.8 Å². The van der Waals surface area contributed by atoms with Crippen LogP contribution in [0, 0.1) is 12.8 Å². The molecule has 2 aliphatic rings.